The number of hydrogen-bond donors (Lipinski definition) is 0. The maximum Gasteiger partial charge on any atom is 0.162 e. The first kappa shape index (κ1) is 20.8. The van der Waals surface area contributed by atoms with Crippen LogP contribution in [0.4, 0.5) is 0 Å². The molecule has 0 amide bonds. The van der Waals surface area contributed by atoms with Crippen LogP contribution >= 0.6 is 22.7 Å². The van der Waals surface area contributed by atoms with Crippen LogP contribution in [0, 0.1) is 0 Å². The van der Waals surface area contributed by atoms with Crippen molar-refractivity contribution in [1.29, 1.82) is 0 Å². The monoisotopic (exact) mass is 509 g/mol. The number of thiophene rings is 2. The van der Waals surface area contributed by atoms with Crippen molar-refractivity contribution in [3.63, 3.8) is 0 Å². The van der Waals surface area contributed by atoms with Crippen LogP contribution in [0.5, 0.6) is 0 Å². The normalized spacial score (nSPS) is 11.8. The molecule has 0 saturated heterocycles. The minimum atomic E-state index is 0.726. The van der Waals surface area contributed by atoms with E-state index in [4.69, 9.17) is 9.97 Å². The van der Waals surface area contributed by atoms with Gasteiger partial charge in [-0.3, -0.25) is 4.57 Å². The lowest BCUT2D eigenvalue weighted by atomic mass is 10.1. The number of para-hydroxylation sites is 1. The molecule has 0 spiro atoms. The van der Waals surface area contributed by atoms with Crippen molar-refractivity contribution in [2.75, 3.05) is 0 Å². The van der Waals surface area contributed by atoms with Crippen LogP contribution in [0.2, 0.25) is 0 Å². The Morgan fingerprint density at radius 2 is 1.27 bits per heavy atom. The van der Waals surface area contributed by atoms with Crippen molar-refractivity contribution in [3.8, 4) is 28.5 Å². The number of fused-ring (bicyclic) bond motifs is 7. The van der Waals surface area contributed by atoms with Crippen LogP contribution in [-0.4, -0.2) is 14.5 Å². The lowest BCUT2D eigenvalue weighted by molar-refractivity contribution is 1.05. The van der Waals surface area contributed by atoms with Crippen LogP contribution in [-0.2, 0) is 0 Å². The zero-order chi connectivity index (χ0) is 24.3. The third kappa shape index (κ3) is 3.18. The number of benzene rings is 4. The second-order valence-electron chi connectivity index (χ2n) is 9.06. The lowest BCUT2D eigenvalue weighted by Gasteiger charge is -2.12. The average molecular weight is 510 g/mol. The summed E-state index contributed by atoms with van der Waals surface area (Å²) in [6, 6.07) is 40.2. The van der Waals surface area contributed by atoms with Gasteiger partial charge in [0.25, 0.3) is 0 Å². The van der Waals surface area contributed by atoms with Crippen molar-refractivity contribution in [2.24, 2.45) is 0 Å². The highest BCUT2D eigenvalue weighted by molar-refractivity contribution is 7.45. The molecule has 0 unspecified atom stereocenters. The molecule has 3 nitrogen and oxygen atoms in total. The average Bonchev–Trinajstić information content (AvgIpc) is 3.60. The predicted octanol–water partition coefficient (Wildman–Crippen LogP) is 9.34. The Labute approximate surface area is 220 Å². The summed E-state index contributed by atoms with van der Waals surface area (Å²) in [6.07, 6.45) is 0. The van der Waals surface area contributed by atoms with E-state index in [2.05, 4.69) is 95.6 Å². The van der Waals surface area contributed by atoms with E-state index in [1.807, 2.05) is 46.9 Å². The molecule has 0 N–H and O–H groups in total. The Morgan fingerprint density at radius 3 is 2.08 bits per heavy atom. The molecular weight excluding hydrogens is 491 g/mol. The fourth-order valence-corrected chi connectivity index (χ4v) is 7.90. The van der Waals surface area contributed by atoms with E-state index in [1.54, 1.807) is 0 Å². The van der Waals surface area contributed by atoms with Gasteiger partial charge in [0.15, 0.2) is 5.82 Å². The van der Waals surface area contributed by atoms with Crippen LogP contribution in [0.3, 0.4) is 0 Å². The van der Waals surface area contributed by atoms with Gasteiger partial charge >= 0.3 is 0 Å². The van der Waals surface area contributed by atoms with Gasteiger partial charge in [-0.2, -0.15) is 0 Å². The van der Waals surface area contributed by atoms with Crippen LogP contribution < -0.4 is 0 Å². The lowest BCUT2D eigenvalue weighted by Crippen LogP contribution is -2.02. The Hall–Kier alpha value is -4.32. The Morgan fingerprint density at radius 1 is 0.595 bits per heavy atom. The number of aromatic nitrogens is 3. The summed E-state index contributed by atoms with van der Waals surface area (Å²) in [7, 11) is 0. The Bertz CT molecular complexity index is 2030. The fourth-order valence-electron chi connectivity index (χ4n) is 5.21. The topological polar surface area (TPSA) is 30.7 Å². The zero-order valence-electron chi connectivity index (χ0n) is 19.6. The summed E-state index contributed by atoms with van der Waals surface area (Å²) in [5.74, 6) is 1.61. The van der Waals surface area contributed by atoms with E-state index in [-0.39, 0.29) is 0 Å². The molecule has 0 bridgehead atoms. The number of nitrogens with zero attached hydrogens (tertiary/aromatic N) is 3. The van der Waals surface area contributed by atoms with Gasteiger partial charge in [-0.25, -0.2) is 9.97 Å². The number of hydrogen-bond acceptors (Lipinski definition) is 4. The smallest absolute Gasteiger partial charge is 0.162 e. The molecule has 8 aromatic rings. The summed E-state index contributed by atoms with van der Waals surface area (Å²) in [4.78, 5) is 10.2. The van der Waals surface area contributed by atoms with E-state index < -0.39 is 0 Å². The van der Waals surface area contributed by atoms with E-state index in [9.17, 15) is 0 Å². The molecule has 37 heavy (non-hydrogen) atoms. The highest BCUT2D eigenvalue weighted by Gasteiger charge is 2.22. The SMILES string of the molecule is c1ccc(-c2cc(-n3c4ccccc4c4sc5sc6ccccc6c5c43)nc(-c3ccccc3)n2)cc1. The molecule has 0 atom stereocenters. The summed E-state index contributed by atoms with van der Waals surface area (Å²) in [5, 5.41) is 3.88. The van der Waals surface area contributed by atoms with Crippen molar-refractivity contribution >= 4 is 63.3 Å². The van der Waals surface area contributed by atoms with Gasteiger partial charge in [0.1, 0.15) is 5.82 Å². The van der Waals surface area contributed by atoms with Gasteiger partial charge in [-0.05, 0) is 12.1 Å². The minimum Gasteiger partial charge on any atom is -0.292 e. The maximum absolute atomic E-state index is 5.18. The number of rotatable bonds is 3. The second-order valence-corrected chi connectivity index (χ2v) is 11.4. The second kappa shape index (κ2) is 8.10. The van der Waals surface area contributed by atoms with E-state index in [0.29, 0.717) is 0 Å². The first-order chi connectivity index (χ1) is 18.3. The Kier molecular flexibility index (Phi) is 4.56. The molecule has 0 aliphatic heterocycles. The molecule has 4 aromatic carbocycles. The molecule has 0 aliphatic rings. The summed E-state index contributed by atoms with van der Waals surface area (Å²) < 4.78 is 6.33. The molecule has 0 saturated carbocycles. The third-order valence-corrected chi connectivity index (χ3v) is 9.34. The molecular formula is C32H19N3S2. The van der Waals surface area contributed by atoms with Gasteiger partial charge in [-0.15, -0.1) is 22.7 Å². The van der Waals surface area contributed by atoms with Crippen LogP contribution in [0.1, 0.15) is 0 Å². The largest absolute Gasteiger partial charge is 0.292 e. The van der Waals surface area contributed by atoms with Crippen molar-refractivity contribution < 1.29 is 0 Å². The zero-order valence-corrected chi connectivity index (χ0v) is 21.3. The maximum atomic E-state index is 5.18. The Balaban J connectivity index is 1.52. The molecule has 5 heteroatoms. The van der Waals surface area contributed by atoms with Crippen molar-refractivity contribution in [1.82, 2.24) is 14.5 Å². The molecule has 4 heterocycles. The van der Waals surface area contributed by atoms with E-state index in [0.717, 1.165) is 34.0 Å². The van der Waals surface area contributed by atoms with Gasteiger partial charge < -0.3 is 0 Å². The molecule has 0 aliphatic carbocycles. The summed E-state index contributed by atoms with van der Waals surface area (Å²) in [6.45, 7) is 0. The van der Waals surface area contributed by atoms with E-state index in [1.165, 1.54) is 35.1 Å². The van der Waals surface area contributed by atoms with Gasteiger partial charge in [0.05, 0.1) is 25.4 Å². The predicted molar refractivity (Wildman–Crippen MR) is 158 cm³/mol. The highest BCUT2D eigenvalue weighted by Crippen LogP contribution is 2.48. The molecule has 4 aromatic heterocycles. The van der Waals surface area contributed by atoms with Crippen molar-refractivity contribution in [2.45, 2.75) is 0 Å². The van der Waals surface area contributed by atoms with Crippen LogP contribution in [0.15, 0.2) is 115 Å². The quantitative estimate of drug-likeness (QED) is 0.237. The molecule has 0 radical (unpaired) electrons. The molecule has 174 valence electrons. The van der Waals surface area contributed by atoms with Gasteiger partial charge in [0, 0.05) is 38.1 Å². The fraction of sp³-hybridized carbons (Fsp3) is 0. The molecule has 0 fully saturated rings. The van der Waals surface area contributed by atoms with Gasteiger partial charge in [0.2, 0.25) is 0 Å². The third-order valence-electron chi connectivity index (χ3n) is 6.87. The van der Waals surface area contributed by atoms with Crippen LogP contribution in [0.25, 0.3) is 69.1 Å². The summed E-state index contributed by atoms with van der Waals surface area (Å²) in [5.41, 5.74) is 5.39. The van der Waals surface area contributed by atoms with E-state index >= 15 is 0 Å². The summed E-state index contributed by atoms with van der Waals surface area (Å²) >= 11 is 3.76. The molecule has 8 rings (SSSR count). The first-order valence-electron chi connectivity index (χ1n) is 12.2. The van der Waals surface area contributed by atoms with Crippen molar-refractivity contribution in [3.05, 3.63) is 115 Å². The minimum absolute atomic E-state index is 0.726. The standard InChI is InChI=1S/C32H19N3S2/c1-3-11-20(12-4-1)24-19-27(34-31(33-24)21-13-5-2-6-14-21)35-25-17-9-7-15-22(25)30-29(35)28-23-16-8-10-18-26(23)36-32(28)37-30/h1-19H. The first-order valence-corrected chi connectivity index (χ1v) is 13.8. The van der Waals surface area contributed by atoms with Gasteiger partial charge in [-0.1, -0.05) is 97.1 Å². The highest BCUT2D eigenvalue weighted by atomic mass is 32.2.